The van der Waals surface area contributed by atoms with Gasteiger partial charge in [0.15, 0.2) is 0 Å². The van der Waals surface area contributed by atoms with E-state index in [1.165, 1.54) is 0 Å². The molecule has 0 aliphatic heterocycles. The number of nitrogens with one attached hydrogen (secondary N) is 2. The monoisotopic (exact) mass is 321 g/mol. The Labute approximate surface area is 137 Å². The number of aromatic nitrogens is 2. The van der Waals surface area contributed by atoms with Crippen molar-refractivity contribution < 1.29 is 9.53 Å². The van der Waals surface area contributed by atoms with Gasteiger partial charge in [0.2, 0.25) is 0 Å². The van der Waals surface area contributed by atoms with Gasteiger partial charge in [-0.15, -0.1) is 0 Å². The first-order valence-electron chi connectivity index (χ1n) is 8.39. The molecule has 23 heavy (non-hydrogen) atoms. The Bertz CT molecular complexity index is 634. The molecule has 2 atom stereocenters. The van der Waals surface area contributed by atoms with Gasteiger partial charge in [-0.3, -0.25) is 9.59 Å². The number of carbonyl (C=O) groups excluding carboxylic acids is 1. The summed E-state index contributed by atoms with van der Waals surface area (Å²) in [6.45, 7) is 10.5. The minimum Gasteiger partial charge on any atom is -0.378 e. The van der Waals surface area contributed by atoms with E-state index < -0.39 is 5.56 Å². The maximum Gasteiger partial charge on any atom is 0.277 e. The van der Waals surface area contributed by atoms with Crippen molar-refractivity contribution in [1.82, 2.24) is 15.5 Å². The summed E-state index contributed by atoms with van der Waals surface area (Å²) in [4.78, 5) is 24.6. The molecule has 1 heterocycles. The number of hydrogen-bond donors (Lipinski definition) is 2. The summed E-state index contributed by atoms with van der Waals surface area (Å²) < 4.78 is 5.83. The van der Waals surface area contributed by atoms with E-state index in [2.05, 4.69) is 29.4 Å². The van der Waals surface area contributed by atoms with E-state index >= 15 is 0 Å². The van der Waals surface area contributed by atoms with Gasteiger partial charge < -0.3 is 10.1 Å². The quantitative estimate of drug-likeness (QED) is 0.840. The summed E-state index contributed by atoms with van der Waals surface area (Å²) in [5, 5.41) is 9.34. The second-order valence-corrected chi connectivity index (χ2v) is 6.28. The molecule has 1 aliphatic rings. The molecule has 0 aromatic carbocycles. The highest BCUT2D eigenvalue weighted by Gasteiger charge is 2.54. The van der Waals surface area contributed by atoms with Crippen LogP contribution in [0.2, 0.25) is 0 Å². The van der Waals surface area contributed by atoms with Crippen molar-refractivity contribution in [3.63, 3.8) is 0 Å². The summed E-state index contributed by atoms with van der Waals surface area (Å²) in [6, 6.07) is 0.0359. The van der Waals surface area contributed by atoms with E-state index in [4.69, 9.17) is 4.74 Å². The first-order valence-corrected chi connectivity index (χ1v) is 8.39. The van der Waals surface area contributed by atoms with Crippen LogP contribution in [0.15, 0.2) is 4.79 Å². The van der Waals surface area contributed by atoms with Crippen molar-refractivity contribution >= 4 is 5.91 Å². The molecule has 0 radical (unpaired) electrons. The van der Waals surface area contributed by atoms with Crippen LogP contribution in [-0.4, -0.2) is 34.9 Å². The van der Waals surface area contributed by atoms with Gasteiger partial charge >= 0.3 is 0 Å². The van der Waals surface area contributed by atoms with Crippen molar-refractivity contribution in [2.45, 2.75) is 66.0 Å². The summed E-state index contributed by atoms with van der Waals surface area (Å²) >= 11 is 0. The lowest BCUT2D eigenvalue weighted by Gasteiger charge is -2.55. The fraction of sp³-hybridized carbons (Fsp3) is 0.706. The summed E-state index contributed by atoms with van der Waals surface area (Å²) in [5.74, 6) is -0.319. The SMILES string of the molecule is CCO[C@@H]1C[C@H](NC(=O)c2c(C)c(C)n[nH]c2=O)C1(CC)CC. The Kier molecular flexibility index (Phi) is 5.24. The highest BCUT2D eigenvalue weighted by Crippen LogP contribution is 2.48. The fourth-order valence-corrected chi connectivity index (χ4v) is 3.71. The molecule has 6 heteroatoms. The number of aryl methyl sites for hydroxylation is 1. The fourth-order valence-electron chi connectivity index (χ4n) is 3.71. The Morgan fingerprint density at radius 1 is 1.35 bits per heavy atom. The lowest BCUT2D eigenvalue weighted by molar-refractivity contribution is -0.134. The van der Waals surface area contributed by atoms with Gasteiger partial charge in [0.05, 0.1) is 11.8 Å². The number of aromatic amines is 1. The van der Waals surface area contributed by atoms with Crippen molar-refractivity contribution in [1.29, 1.82) is 0 Å². The second-order valence-electron chi connectivity index (χ2n) is 6.28. The molecule has 128 valence electrons. The average molecular weight is 321 g/mol. The molecule has 2 rings (SSSR count). The van der Waals surface area contributed by atoms with Crippen LogP contribution in [0.4, 0.5) is 0 Å². The van der Waals surface area contributed by atoms with E-state index in [0.29, 0.717) is 17.9 Å². The lowest BCUT2D eigenvalue weighted by Crippen LogP contribution is -2.64. The molecule has 1 aliphatic carbocycles. The predicted octanol–water partition coefficient (Wildman–Crippen LogP) is 2.10. The standard InChI is InChI=1S/C17H27N3O3/c1-6-17(7-2)12(9-13(17)23-8-3)18-15(21)14-10(4)11(5)19-20-16(14)22/h12-13H,6-9H2,1-5H3,(H,18,21)(H,20,22)/t12-,13+/m0/s1. The normalized spacial score (nSPS) is 22.5. The molecular weight excluding hydrogens is 294 g/mol. The average Bonchev–Trinajstić information content (AvgIpc) is 2.51. The molecule has 0 bridgehead atoms. The van der Waals surface area contributed by atoms with Crippen molar-refractivity contribution in [2.75, 3.05) is 6.61 Å². The van der Waals surface area contributed by atoms with Gasteiger partial charge in [-0.1, -0.05) is 13.8 Å². The van der Waals surface area contributed by atoms with Gasteiger partial charge in [-0.25, -0.2) is 5.10 Å². The van der Waals surface area contributed by atoms with Crippen LogP contribution in [-0.2, 0) is 4.74 Å². The van der Waals surface area contributed by atoms with Crippen LogP contribution in [0.1, 0.15) is 61.6 Å². The molecule has 0 spiro atoms. The molecule has 1 aromatic heterocycles. The van der Waals surface area contributed by atoms with E-state index in [0.717, 1.165) is 19.3 Å². The van der Waals surface area contributed by atoms with Crippen LogP contribution in [0, 0.1) is 19.3 Å². The highest BCUT2D eigenvalue weighted by atomic mass is 16.5. The summed E-state index contributed by atoms with van der Waals surface area (Å²) in [5.41, 5.74) is 0.968. The van der Waals surface area contributed by atoms with E-state index in [9.17, 15) is 9.59 Å². The van der Waals surface area contributed by atoms with Crippen LogP contribution in [0.25, 0.3) is 0 Å². The van der Waals surface area contributed by atoms with Gasteiger partial charge in [-0.2, -0.15) is 5.10 Å². The zero-order valence-electron chi connectivity index (χ0n) is 14.7. The van der Waals surface area contributed by atoms with Crippen LogP contribution in [0.3, 0.4) is 0 Å². The van der Waals surface area contributed by atoms with Gasteiger partial charge in [-0.05, 0) is 45.6 Å². The van der Waals surface area contributed by atoms with Crippen molar-refractivity contribution in [3.8, 4) is 0 Å². The number of H-pyrrole nitrogens is 1. The zero-order chi connectivity index (χ0) is 17.2. The Morgan fingerprint density at radius 3 is 2.57 bits per heavy atom. The first-order chi connectivity index (χ1) is 10.9. The Morgan fingerprint density at radius 2 is 2.00 bits per heavy atom. The molecular formula is C17H27N3O3. The van der Waals surface area contributed by atoms with E-state index in [1.807, 2.05) is 6.92 Å². The van der Waals surface area contributed by atoms with Gasteiger partial charge in [0.25, 0.3) is 11.5 Å². The topological polar surface area (TPSA) is 84.1 Å². The minimum atomic E-state index is -0.440. The van der Waals surface area contributed by atoms with Crippen LogP contribution < -0.4 is 10.9 Å². The lowest BCUT2D eigenvalue weighted by atomic mass is 9.58. The van der Waals surface area contributed by atoms with Crippen molar-refractivity contribution in [2.24, 2.45) is 5.41 Å². The third kappa shape index (κ3) is 2.92. The van der Waals surface area contributed by atoms with E-state index in [-0.39, 0.29) is 29.0 Å². The predicted molar refractivity (Wildman–Crippen MR) is 88.6 cm³/mol. The largest absolute Gasteiger partial charge is 0.378 e. The third-order valence-corrected chi connectivity index (χ3v) is 5.47. The smallest absolute Gasteiger partial charge is 0.277 e. The van der Waals surface area contributed by atoms with Gasteiger partial charge in [0, 0.05) is 18.1 Å². The molecule has 6 nitrogen and oxygen atoms in total. The molecule has 1 amide bonds. The maximum atomic E-state index is 12.6. The number of nitrogens with zero attached hydrogens (tertiary/aromatic N) is 1. The zero-order valence-corrected chi connectivity index (χ0v) is 14.7. The third-order valence-electron chi connectivity index (χ3n) is 5.47. The number of ether oxygens (including phenoxy) is 1. The highest BCUT2D eigenvalue weighted by molar-refractivity contribution is 5.95. The second kappa shape index (κ2) is 6.83. The molecule has 1 aromatic rings. The Hall–Kier alpha value is -1.69. The molecule has 2 N–H and O–H groups in total. The first kappa shape index (κ1) is 17.7. The number of amides is 1. The van der Waals surface area contributed by atoms with Crippen LogP contribution >= 0.6 is 0 Å². The number of carbonyl (C=O) groups is 1. The number of rotatable bonds is 6. The maximum absolute atomic E-state index is 12.6. The minimum absolute atomic E-state index is 0.0359. The number of hydrogen-bond acceptors (Lipinski definition) is 4. The molecule has 1 saturated carbocycles. The molecule has 1 fully saturated rings. The van der Waals surface area contributed by atoms with Gasteiger partial charge in [0.1, 0.15) is 5.56 Å². The molecule has 0 saturated heterocycles. The summed E-state index contributed by atoms with van der Waals surface area (Å²) in [6.07, 6.45) is 2.84. The van der Waals surface area contributed by atoms with Crippen LogP contribution in [0.5, 0.6) is 0 Å². The summed E-state index contributed by atoms with van der Waals surface area (Å²) in [7, 11) is 0. The van der Waals surface area contributed by atoms with E-state index in [1.54, 1.807) is 13.8 Å². The Balaban J connectivity index is 2.21. The van der Waals surface area contributed by atoms with Crippen molar-refractivity contribution in [3.05, 3.63) is 27.2 Å². The molecule has 0 unspecified atom stereocenters.